The third-order valence-corrected chi connectivity index (χ3v) is 6.67. The van der Waals surface area contributed by atoms with Crippen LogP contribution in [0.25, 0.3) is 0 Å². The highest BCUT2D eigenvalue weighted by Crippen LogP contribution is 2.38. The van der Waals surface area contributed by atoms with Crippen LogP contribution in [0, 0.1) is 11.3 Å². The van der Waals surface area contributed by atoms with Crippen LogP contribution >= 0.6 is 0 Å². The van der Waals surface area contributed by atoms with Crippen molar-refractivity contribution < 1.29 is 13.2 Å². The molecule has 19 heavy (non-hydrogen) atoms. The lowest BCUT2D eigenvalue weighted by molar-refractivity contribution is -0.119. The Morgan fingerprint density at radius 1 is 1.26 bits per heavy atom. The largest absolute Gasteiger partial charge is 0.303 e. The molecule has 5 heteroatoms. The summed E-state index contributed by atoms with van der Waals surface area (Å²) in [7, 11) is -0.880. The van der Waals surface area contributed by atoms with Gasteiger partial charge in [-0.3, -0.25) is 0 Å². The molecule has 1 unspecified atom stereocenters. The molecule has 110 valence electrons. The van der Waals surface area contributed by atoms with Gasteiger partial charge in [0.05, 0.1) is 11.5 Å². The fraction of sp³-hybridized carbons (Fsp3) is 0.929. The summed E-state index contributed by atoms with van der Waals surface area (Å²) in [6.45, 7) is 2.95. The van der Waals surface area contributed by atoms with Crippen LogP contribution in [-0.2, 0) is 14.6 Å². The minimum absolute atomic E-state index is 0.0983. The summed E-state index contributed by atoms with van der Waals surface area (Å²) in [6.07, 6.45) is 5.94. The number of carbonyl (C=O) groups is 1. The van der Waals surface area contributed by atoms with Crippen LogP contribution in [0.5, 0.6) is 0 Å². The number of aldehydes is 1. The number of sulfone groups is 1. The van der Waals surface area contributed by atoms with E-state index in [9.17, 15) is 13.2 Å². The third kappa shape index (κ3) is 3.57. The average molecular weight is 287 g/mol. The molecular formula is C14H25NO3S. The maximum Gasteiger partial charge on any atom is 0.151 e. The summed E-state index contributed by atoms with van der Waals surface area (Å²) in [6, 6.07) is 0.0983. The van der Waals surface area contributed by atoms with E-state index in [1.54, 1.807) is 0 Å². The van der Waals surface area contributed by atoms with Gasteiger partial charge >= 0.3 is 0 Å². The van der Waals surface area contributed by atoms with Crippen molar-refractivity contribution in [3.8, 4) is 0 Å². The van der Waals surface area contributed by atoms with Gasteiger partial charge in [-0.15, -0.1) is 0 Å². The van der Waals surface area contributed by atoms with Gasteiger partial charge in [0.25, 0.3) is 0 Å². The molecule has 1 saturated heterocycles. The SMILES string of the molecule is CC1CCC(C=O)(CN(C)C2CCS(=O)(=O)C2)CC1. The number of rotatable bonds is 4. The number of hydrogen-bond acceptors (Lipinski definition) is 4. The van der Waals surface area contributed by atoms with Gasteiger partial charge < -0.3 is 9.69 Å². The van der Waals surface area contributed by atoms with Crippen LogP contribution in [0.3, 0.4) is 0 Å². The summed E-state index contributed by atoms with van der Waals surface area (Å²) in [5.41, 5.74) is -0.242. The maximum absolute atomic E-state index is 11.5. The molecule has 0 aromatic heterocycles. The van der Waals surface area contributed by atoms with E-state index in [0.717, 1.165) is 32.0 Å². The maximum atomic E-state index is 11.5. The average Bonchev–Trinajstić information content (AvgIpc) is 2.73. The summed E-state index contributed by atoms with van der Waals surface area (Å²) in [4.78, 5) is 13.6. The van der Waals surface area contributed by atoms with Gasteiger partial charge in [0.15, 0.2) is 9.84 Å². The van der Waals surface area contributed by atoms with Gasteiger partial charge in [0, 0.05) is 18.0 Å². The number of nitrogens with zero attached hydrogens (tertiary/aromatic N) is 1. The minimum Gasteiger partial charge on any atom is -0.303 e. The van der Waals surface area contributed by atoms with Gasteiger partial charge in [-0.2, -0.15) is 0 Å². The van der Waals surface area contributed by atoms with E-state index >= 15 is 0 Å². The first-order valence-corrected chi connectivity index (χ1v) is 9.05. The third-order valence-electron chi connectivity index (χ3n) is 4.92. The molecule has 2 fully saturated rings. The summed E-state index contributed by atoms with van der Waals surface area (Å²) in [5, 5.41) is 0. The first-order chi connectivity index (χ1) is 8.86. The topological polar surface area (TPSA) is 54.5 Å². The second kappa shape index (κ2) is 5.52. The van der Waals surface area contributed by atoms with E-state index in [4.69, 9.17) is 0 Å². The fourth-order valence-electron chi connectivity index (χ4n) is 3.40. The Morgan fingerprint density at radius 3 is 2.37 bits per heavy atom. The molecule has 0 spiro atoms. The van der Waals surface area contributed by atoms with Crippen molar-refractivity contribution in [3.05, 3.63) is 0 Å². The van der Waals surface area contributed by atoms with Crippen molar-refractivity contribution >= 4 is 16.1 Å². The normalized spacial score (nSPS) is 38.5. The smallest absolute Gasteiger partial charge is 0.151 e. The number of carbonyl (C=O) groups excluding carboxylic acids is 1. The zero-order valence-corrected chi connectivity index (χ0v) is 12.8. The van der Waals surface area contributed by atoms with Crippen LogP contribution in [0.1, 0.15) is 39.0 Å². The molecule has 0 radical (unpaired) electrons. The van der Waals surface area contributed by atoms with Gasteiger partial charge in [0.2, 0.25) is 0 Å². The standard InChI is InChI=1S/C14H25NO3S/c1-12-3-6-14(11-16,7-4-12)10-15(2)13-5-8-19(17,18)9-13/h11-13H,3-10H2,1-2H3. The second-order valence-electron chi connectivity index (χ2n) is 6.63. The Labute approximate surface area is 116 Å². The van der Waals surface area contributed by atoms with E-state index in [2.05, 4.69) is 11.8 Å². The predicted octanol–water partition coefficient (Wildman–Crippen LogP) is 1.50. The molecule has 0 aromatic carbocycles. The monoisotopic (exact) mass is 287 g/mol. The van der Waals surface area contributed by atoms with E-state index in [1.165, 1.54) is 0 Å². The molecule has 1 saturated carbocycles. The Balaban J connectivity index is 1.97. The first kappa shape index (κ1) is 15.0. The zero-order chi connectivity index (χ0) is 14.1. The van der Waals surface area contributed by atoms with Crippen molar-refractivity contribution in [2.24, 2.45) is 11.3 Å². The summed E-state index contributed by atoms with van der Waals surface area (Å²) in [5.74, 6) is 1.27. The molecule has 0 amide bonds. The van der Waals surface area contributed by atoms with Crippen LogP contribution < -0.4 is 0 Å². The first-order valence-electron chi connectivity index (χ1n) is 7.23. The highest BCUT2D eigenvalue weighted by molar-refractivity contribution is 7.91. The Bertz CT molecular complexity index is 424. The highest BCUT2D eigenvalue weighted by atomic mass is 32.2. The van der Waals surface area contributed by atoms with Gasteiger partial charge in [-0.05, 0) is 45.1 Å². The predicted molar refractivity (Wildman–Crippen MR) is 75.8 cm³/mol. The highest BCUT2D eigenvalue weighted by Gasteiger charge is 2.38. The lowest BCUT2D eigenvalue weighted by Gasteiger charge is -2.39. The van der Waals surface area contributed by atoms with Gasteiger partial charge in [0.1, 0.15) is 6.29 Å². The number of hydrogen-bond donors (Lipinski definition) is 0. The van der Waals surface area contributed by atoms with Gasteiger partial charge in [-0.25, -0.2) is 8.42 Å². The van der Waals surface area contributed by atoms with Crippen molar-refractivity contribution in [3.63, 3.8) is 0 Å². The molecule has 1 heterocycles. The van der Waals surface area contributed by atoms with E-state index in [1.807, 2.05) is 7.05 Å². The Kier molecular flexibility index (Phi) is 4.35. The molecule has 1 aliphatic heterocycles. The van der Waals surface area contributed by atoms with Crippen molar-refractivity contribution in [2.45, 2.75) is 45.1 Å². The van der Waals surface area contributed by atoms with Crippen molar-refractivity contribution in [1.82, 2.24) is 4.90 Å². The lowest BCUT2D eigenvalue weighted by Crippen LogP contribution is -2.44. The zero-order valence-electron chi connectivity index (χ0n) is 12.0. The molecule has 0 N–H and O–H groups in total. The summed E-state index contributed by atoms with van der Waals surface area (Å²) >= 11 is 0. The fourth-order valence-corrected chi connectivity index (χ4v) is 5.20. The quantitative estimate of drug-likeness (QED) is 0.735. The Hall–Kier alpha value is -0.420. The van der Waals surface area contributed by atoms with E-state index in [0.29, 0.717) is 24.6 Å². The van der Waals surface area contributed by atoms with Gasteiger partial charge in [-0.1, -0.05) is 6.92 Å². The van der Waals surface area contributed by atoms with E-state index in [-0.39, 0.29) is 17.2 Å². The molecule has 4 nitrogen and oxygen atoms in total. The molecule has 0 bridgehead atoms. The van der Waals surface area contributed by atoms with Crippen LogP contribution in [0.4, 0.5) is 0 Å². The van der Waals surface area contributed by atoms with Crippen LogP contribution in [0.15, 0.2) is 0 Å². The van der Waals surface area contributed by atoms with Crippen LogP contribution in [-0.4, -0.2) is 50.7 Å². The molecule has 1 aliphatic carbocycles. The second-order valence-corrected chi connectivity index (χ2v) is 8.86. The molecular weight excluding hydrogens is 262 g/mol. The van der Waals surface area contributed by atoms with E-state index < -0.39 is 9.84 Å². The minimum atomic E-state index is -2.85. The molecule has 2 rings (SSSR count). The molecule has 1 atom stereocenters. The summed E-state index contributed by atoms with van der Waals surface area (Å²) < 4.78 is 23.1. The molecule has 2 aliphatic rings. The van der Waals surface area contributed by atoms with Crippen molar-refractivity contribution in [1.29, 1.82) is 0 Å². The Morgan fingerprint density at radius 2 is 1.89 bits per heavy atom. The van der Waals surface area contributed by atoms with Crippen molar-refractivity contribution in [2.75, 3.05) is 25.1 Å². The molecule has 0 aromatic rings. The lowest BCUT2D eigenvalue weighted by atomic mass is 9.71. The van der Waals surface area contributed by atoms with Crippen LogP contribution in [0.2, 0.25) is 0 Å².